The van der Waals surface area contributed by atoms with Gasteiger partial charge in [-0.3, -0.25) is 14.0 Å². The molecule has 0 radical (unpaired) electrons. The maximum Gasteiger partial charge on any atom is 0.339 e. The number of likely N-dealkylation sites (tertiary alicyclic amines) is 2. The fourth-order valence-corrected chi connectivity index (χ4v) is 10.6. The second-order valence-corrected chi connectivity index (χ2v) is 19.6. The lowest BCUT2D eigenvalue weighted by atomic mass is 9.83. The van der Waals surface area contributed by atoms with Gasteiger partial charge in [-0.05, 0) is 148 Å². The van der Waals surface area contributed by atoms with Crippen LogP contribution in [0.1, 0.15) is 136 Å². The number of hydrogen-bond donors (Lipinski definition) is 4. The number of carboxylic acids is 1. The van der Waals surface area contributed by atoms with E-state index >= 15 is 0 Å². The van der Waals surface area contributed by atoms with Crippen molar-refractivity contribution in [3.8, 4) is 0 Å². The molecule has 0 saturated carbocycles. The lowest BCUT2D eigenvalue weighted by Crippen LogP contribution is -2.43. The molecule has 2 fully saturated rings. The molecule has 5 aromatic rings. The summed E-state index contributed by atoms with van der Waals surface area (Å²) in [5, 5.41) is 39.4. The summed E-state index contributed by atoms with van der Waals surface area (Å²) in [6.07, 6.45) is 7.88. The molecular weight excluding hydrogens is 860 g/mol. The van der Waals surface area contributed by atoms with Gasteiger partial charge in [-0.25, -0.2) is 13.8 Å². The molecular formula is C48H66Cl2FN7O6. The van der Waals surface area contributed by atoms with Crippen molar-refractivity contribution in [2.24, 2.45) is 11.8 Å². The van der Waals surface area contributed by atoms with Crippen molar-refractivity contribution in [2.75, 3.05) is 46.4 Å². The van der Waals surface area contributed by atoms with E-state index in [9.17, 15) is 34.1 Å². The Hall–Kier alpha value is -4.18. The van der Waals surface area contributed by atoms with Crippen molar-refractivity contribution in [1.82, 2.24) is 34.0 Å². The van der Waals surface area contributed by atoms with Crippen LogP contribution < -0.4 is 5.56 Å². The van der Waals surface area contributed by atoms with Crippen LogP contribution in [0, 0.1) is 25.7 Å². The number of β-amino-alcohol motifs (C(OH)–C–C–N with tert-alkyl or cyclic N) is 2. The van der Waals surface area contributed by atoms with Crippen LogP contribution in [-0.4, -0.2) is 119 Å². The van der Waals surface area contributed by atoms with E-state index in [-0.39, 0.29) is 35.2 Å². The molecule has 2 saturated heterocycles. The van der Waals surface area contributed by atoms with Crippen LogP contribution in [0.4, 0.5) is 4.39 Å². The number of carbonyl (C=O) groups excluding carboxylic acids is 1. The number of fused-ring (bicyclic) bond motifs is 2. The van der Waals surface area contributed by atoms with Crippen molar-refractivity contribution in [2.45, 2.75) is 117 Å². The zero-order chi connectivity index (χ0) is 48.0. The van der Waals surface area contributed by atoms with Crippen molar-refractivity contribution in [3.05, 3.63) is 102 Å². The molecule has 2 aliphatic rings. The number of Topliss-reactive ketones (excluding diaryl/α,β-unsaturated/α-hetero) is 1. The average Bonchev–Trinajstić information content (AvgIpc) is 3.69. The van der Waals surface area contributed by atoms with Crippen molar-refractivity contribution in [1.29, 1.82) is 0 Å². The molecule has 350 valence electrons. The number of pyridine rings is 1. The van der Waals surface area contributed by atoms with Crippen LogP contribution in [0.25, 0.3) is 11.0 Å². The Morgan fingerprint density at radius 2 is 1.27 bits per heavy atom. The molecule has 0 aliphatic carbocycles. The smallest absolute Gasteiger partial charge is 0.339 e. The molecule has 0 bridgehead atoms. The Labute approximate surface area is 387 Å². The first kappa shape index (κ1) is 49.3. The minimum absolute atomic E-state index is 0.0803. The predicted molar refractivity (Wildman–Crippen MR) is 251 cm³/mol. The lowest BCUT2D eigenvalue weighted by molar-refractivity contribution is 0.0225. The molecule has 64 heavy (non-hydrogen) atoms. The Morgan fingerprint density at radius 1 is 0.844 bits per heavy atom. The molecule has 0 spiro atoms. The van der Waals surface area contributed by atoms with Crippen LogP contribution in [0.15, 0.2) is 47.5 Å². The third kappa shape index (κ3) is 12.0. The minimum atomic E-state index is -1.03. The number of carboxylic acid groups (broad SMARTS) is 1. The monoisotopic (exact) mass is 926 g/mol. The number of aromatic nitrogens is 5. The normalized spacial score (nSPS) is 17.0. The number of aromatic carboxylic acids is 1. The quantitative estimate of drug-likeness (QED) is 0.0840. The highest BCUT2D eigenvalue weighted by molar-refractivity contribution is 6.36. The molecule has 7 heterocycles. The highest BCUT2D eigenvalue weighted by atomic mass is 35.5. The number of aryl methyl sites for hydroxylation is 2. The fraction of sp³-hybridized carbons (Fsp3) is 0.562. The molecule has 5 aromatic heterocycles. The summed E-state index contributed by atoms with van der Waals surface area (Å²) in [4.78, 5) is 45.0. The Bertz CT molecular complexity index is 2480. The third-order valence-electron chi connectivity index (χ3n) is 12.7. The molecule has 16 heteroatoms. The van der Waals surface area contributed by atoms with Gasteiger partial charge >= 0.3 is 5.97 Å². The summed E-state index contributed by atoms with van der Waals surface area (Å²) in [6, 6.07) is 9.10. The summed E-state index contributed by atoms with van der Waals surface area (Å²) in [5.74, 6) is -0.0952. The number of halogens is 3. The molecule has 4 N–H and O–H groups in total. The molecule has 13 nitrogen and oxygen atoms in total. The molecule has 2 aliphatic heterocycles. The summed E-state index contributed by atoms with van der Waals surface area (Å²) in [7, 11) is -1.00. The van der Waals surface area contributed by atoms with Crippen LogP contribution in [-0.2, 0) is 6.42 Å². The molecule has 2 atom stereocenters. The largest absolute Gasteiger partial charge is 0.478 e. The minimum Gasteiger partial charge on any atom is -0.478 e. The second-order valence-electron chi connectivity index (χ2n) is 18.9. The molecule has 0 aromatic carbocycles. The van der Waals surface area contributed by atoms with Crippen LogP contribution >= 0.6 is 23.2 Å². The average molecular weight is 928 g/mol. The number of hydrogen-bond acceptors (Lipinski definition) is 9. The topological polar surface area (TPSA) is 169 Å². The first-order valence-electron chi connectivity index (χ1n) is 22.8. The number of aromatic amines is 1. The summed E-state index contributed by atoms with van der Waals surface area (Å²) in [5.41, 5.74) is 4.32. The number of aliphatic hydroxyl groups is 2. The number of ketones is 1. The van der Waals surface area contributed by atoms with E-state index in [4.69, 9.17) is 24.6 Å². The molecule has 2 unspecified atom stereocenters. The van der Waals surface area contributed by atoms with E-state index in [1.807, 2.05) is 64.3 Å². The first-order chi connectivity index (χ1) is 30.6. The molecule has 0 amide bonds. The zero-order valence-electron chi connectivity index (χ0n) is 39.4. The summed E-state index contributed by atoms with van der Waals surface area (Å²) in [6.45, 7) is 20.4. The van der Waals surface area contributed by atoms with Gasteiger partial charge in [-0.1, -0.05) is 37.0 Å². The number of nitrogens with zero attached hydrogens (tertiary/aromatic N) is 6. The first-order valence-corrected chi connectivity index (χ1v) is 22.8. The van der Waals surface area contributed by atoms with Gasteiger partial charge < -0.3 is 30.1 Å². The SMILES string of the molecule is CC(c1c(Cl)c(C(=O)O)c2cccnn12)C1CCN(CC(C)(C)O)CC1.Cc1cc(C)c(CCC(=O)c2c(Cl)c(C(C)C3CCN(CC(C)(C)O)CC3)n3ncccc23)c(=O)[nH]1.[2H]CF. The fourth-order valence-electron chi connectivity index (χ4n) is 9.75. The van der Waals surface area contributed by atoms with Gasteiger partial charge in [0.05, 0.1) is 57.8 Å². The van der Waals surface area contributed by atoms with Gasteiger partial charge in [0.1, 0.15) is 5.56 Å². The van der Waals surface area contributed by atoms with Crippen molar-refractivity contribution in [3.63, 3.8) is 0 Å². The number of H-pyrrole nitrogens is 1. The predicted octanol–water partition coefficient (Wildman–Crippen LogP) is 8.55. The van der Waals surface area contributed by atoms with Crippen LogP contribution in [0.5, 0.6) is 0 Å². The van der Waals surface area contributed by atoms with Gasteiger partial charge in [0, 0.05) is 55.0 Å². The Balaban J connectivity index is 0.000000241. The van der Waals surface area contributed by atoms with Crippen molar-refractivity contribution >= 4 is 46.0 Å². The highest BCUT2D eigenvalue weighted by Crippen LogP contribution is 2.41. The summed E-state index contributed by atoms with van der Waals surface area (Å²) >= 11 is 13.4. The number of nitrogens with one attached hydrogen (secondary N) is 1. The van der Waals surface area contributed by atoms with E-state index < -0.39 is 24.3 Å². The van der Waals surface area contributed by atoms with Gasteiger partial charge in [-0.15, -0.1) is 0 Å². The second kappa shape index (κ2) is 21.4. The third-order valence-corrected chi connectivity index (χ3v) is 13.5. The number of piperidine rings is 2. The van der Waals surface area contributed by atoms with Crippen LogP contribution in [0.3, 0.4) is 0 Å². The Kier molecular flexibility index (Phi) is 16.5. The number of carbonyl (C=O) groups is 2. The van der Waals surface area contributed by atoms with E-state index in [1.54, 1.807) is 29.0 Å². The van der Waals surface area contributed by atoms with Gasteiger partial charge in [-0.2, -0.15) is 10.2 Å². The van der Waals surface area contributed by atoms with E-state index in [2.05, 4.69) is 38.8 Å². The van der Waals surface area contributed by atoms with E-state index in [0.717, 1.165) is 74.5 Å². The van der Waals surface area contributed by atoms with E-state index in [0.29, 0.717) is 63.6 Å². The number of alkyl halides is 1. The van der Waals surface area contributed by atoms with E-state index in [1.165, 1.54) is 0 Å². The van der Waals surface area contributed by atoms with Gasteiger partial charge in [0.2, 0.25) is 0 Å². The number of rotatable bonds is 13. The standard InChI is InChI=1S/C28H37ClN4O3.C19H26ClN3O3.CH3F/c1-17-15-18(2)31-27(35)21(17)8-9-23(34)24-22-7-6-12-30-33(22)26(25(24)29)19(3)20-10-13-32(14-11-20)16-28(4,5)36;1-12(13-6-9-22(10-7-13)11-19(2,3)26)17-16(20)15(18(24)25)14-5-4-8-21-23(14)17;1-2/h6-7,12,15,19-20,36H,8-11,13-14,16H2,1-5H3,(H,31,35);4-5,8,12-13,26H,6-7,9-11H2,1-3H3,(H,24,25);1H3/i;;1D. The maximum atomic E-state index is 13.5. The maximum absolute atomic E-state index is 13.5. The Morgan fingerprint density at radius 3 is 1.67 bits per heavy atom. The highest BCUT2D eigenvalue weighted by Gasteiger charge is 2.34. The zero-order valence-corrected chi connectivity index (χ0v) is 39.9. The van der Waals surface area contributed by atoms with Gasteiger partial charge in [0.15, 0.2) is 5.78 Å². The summed E-state index contributed by atoms with van der Waals surface area (Å²) < 4.78 is 19.0. The van der Waals surface area contributed by atoms with Gasteiger partial charge in [0.25, 0.3) is 5.56 Å². The van der Waals surface area contributed by atoms with Crippen LogP contribution in [0.2, 0.25) is 10.0 Å². The van der Waals surface area contributed by atoms with Crippen molar-refractivity contribution < 1.29 is 30.7 Å². The molecule has 7 rings (SSSR count). The lowest BCUT2D eigenvalue weighted by Gasteiger charge is -2.37.